The first-order valence-corrected chi connectivity index (χ1v) is 13.4. The van der Waals surface area contributed by atoms with Crippen molar-refractivity contribution in [3.8, 4) is 6.07 Å². The Morgan fingerprint density at radius 1 is 1.13 bits per heavy atom. The minimum absolute atomic E-state index is 0.0443. The van der Waals surface area contributed by atoms with Crippen LogP contribution in [0.15, 0.2) is 54.2 Å². The third-order valence-corrected chi connectivity index (χ3v) is 5.66. The van der Waals surface area contributed by atoms with Gasteiger partial charge in [-0.2, -0.15) is 5.26 Å². The van der Waals surface area contributed by atoms with Gasteiger partial charge in [0.05, 0.1) is 31.0 Å². The lowest BCUT2D eigenvalue weighted by molar-refractivity contribution is -0.000187. The molecule has 0 aromatic heterocycles. The van der Waals surface area contributed by atoms with Gasteiger partial charge in [-0.1, -0.05) is 33.8 Å². The molecule has 3 unspecified atom stereocenters. The number of hydrogen-bond acceptors (Lipinski definition) is 5. The first-order valence-electron chi connectivity index (χ1n) is 13.4. The van der Waals surface area contributed by atoms with Crippen molar-refractivity contribution in [1.82, 2.24) is 10.2 Å². The molecule has 216 valence electrons. The summed E-state index contributed by atoms with van der Waals surface area (Å²) >= 11 is 0. The zero-order valence-corrected chi connectivity index (χ0v) is 23.9. The number of aliphatic hydroxyl groups is 2. The van der Waals surface area contributed by atoms with Crippen molar-refractivity contribution >= 4 is 11.8 Å². The maximum atomic E-state index is 13.9. The molecule has 0 bridgehead atoms. The van der Waals surface area contributed by atoms with Gasteiger partial charge in [0, 0.05) is 30.3 Å². The number of allylic oxidation sites excluding steroid dienone is 4. The zero-order chi connectivity index (χ0) is 30.0. The number of nitriles is 1. The van der Waals surface area contributed by atoms with E-state index in [1.165, 1.54) is 12.1 Å². The highest BCUT2D eigenvalue weighted by molar-refractivity contribution is 6.00. The Balaban J connectivity index is 0.00000704. The van der Waals surface area contributed by atoms with E-state index in [-0.39, 0.29) is 30.6 Å². The molecule has 0 spiro atoms. The summed E-state index contributed by atoms with van der Waals surface area (Å²) in [5, 5.41) is 32.4. The minimum atomic E-state index is -1.55. The predicted octanol–water partition coefficient (Wildman–Crippen LogP) is 5.69. The molecule has 1 rings (SSSR count). The van der Waals surface area contributed by atoms with Gasteiger partial charge in [0.1, 0.15) is 11.9 Å². The summed E-state index contributed by atoms with van der Waals surface area (Å²) in [4.78, 5) is 28.0. The molecule has 0 aliphatic heterocycles. The van der Waals surface area contributed by atoms with Gasteiger partial charge in [0.15, 0.2) is 0 Å². The number of nitrogens with zero attached hydrogens (tertiary/aromatic N) is 2. The number of carbonyl (C=O) groups excluding carboxylic acids is 2. The third kappa shape index (κ3) is 12.4. The molecule has 0 saturated carbocycles. The van der Waals surface area contributed by atoms with Crippen molar-refractivity contribution < 1.29 is 28.6 Å². The summed E-state index contributed by atoms with van der Waals surface area (Å²) in [6, 6.07) is 5.41. The number of halogens is 2. The van der Waals surface area contributed by atoms with Crippen LogP contribution in [0, 0.1) is 18.3 Å². The van der Waals surface area contributed by atoms with Crippen molar-refractivity contribution in [3.63, 3.8) is 0 Å². The molecule has 7 nitrogen and oxygen atoms in total. The second-order valence-electron chi connectivity index (χ2n) is 8.77. The van der Waals surface area contributed by atoms with E-state index < -0.39 is 30.0 Å². The van der Waals surface area contributed by atoms with Crippen LogP contribution in [0.4, 0.5) is 8.78 Å². The average Bonchev–Trinajstić information content (AvgIpc) is 2.92. The molecule has 0 fully saturated rings. The SMILES string of the molecule is CC.C\C=C(/C=C(F)\C=C\F)CC(NC(=O)c1cc(C)cc(C(=O)N(CCC)CCC)c1)C(O)C(O)CC#N. The maximum absolute atomic E-state index is 13.9. The quantitative estimate of drug-likeness (QED) is 0.259. The Labute approximate surface area is 231 Å². The monoisotopic (exact) mass is 547 g/mol. The number of benzene rings is 1. The molecule has 0 aliphatic carbocycles. The van der Waals surface area contributed by atoms with Gasteiger partial charge in [0.25, 0.3) is 11.8 Å². The number of rotatable bonds is 14. The molecule has 1 aromatic rings. The molecule has 0 heterocycles. The number of aliphatic hydroxyl groups excluding tert-OH is 2. The normalized spacial score (nSPS) is 14.1. The smallest absolute Gasteiger partial charge is 0.253 e. The summed E-state index contributed by atoms with van der Waals surface area (Å²) in [7, 11) is 0. The summed E-state index contributed by atoms with van der Waals surface area (Å²) < 4.78 is 26.2. The lowest BCUT2D eigenvalue weighted by Crippen LogP contribution is -2.48. The van der Waals surface area contributed by atoms with E-state index in [1.807, 2.05) is 27.7 Å². The lowest BCUT2D eigenvalue weighted by Gasteiger charge is -2.27. The summed E-state index contributed by atoms with van der Waals surface area (Å²) in [5.74, 6) is -1.69. The molecule has 3 atom stereocenters. The van der Waals surface area contributed by atoms with Gasteiger partial charge in [-0.05, 0) is 68.5 Å². The van der Waals surface area contributed by atoms with E-state index in [0.717, 1.165) is 18.9 Å². The minimum Gasteiger partial charge on any atom is -0.389 e. The molecule has 2 amide bonds. The van der Waals surface area contributed by atoms with Crippen molar-refractivity contribution in [2.75, 3.05) is 13.1 Å². The highest BCUT2D eigenvalue weighted by atomic mass is 19.1. The fourth-order valence-corrected chi connectivity index (χ4v) is 3.87. The Hall–Kier alpha value is -3.35. The van der Waals surface area contributed by atoms with Crippen molar-refractivity contribution in [3.05, 3.63) is 70.8 Å². The molecule has 0 saturated heterocycles. The largest absolute Gasteiger partial charge is 0.389 e. The van der Waals surface area contributed by atoms with Crippen LogP contribution in [0.2, 0.25) is 0 Å². The Bertz CT molecular complexity index is 1040. The molecule has 0 radical (unpaired) electrons. The average molecular weight is 548 g/mol. The van der Waals surface area contributed by atoms with E-state index in [4.69, 9.17) is 5.26 Å². The second kappa shape index (κ2) is 19.7. The van der Waals surface area contributed by atoms with Crippen LogP contribution in [0.25, 0.3) is 0 Å². The van der Waals surface area contributed by atoms with E-state index in [9.17, 15) is 28.6 Å². The lowest BCUT2D eigenvalue weighted by atomic mass is 9.95. The van der Waals surface area contributed by atoms with Crippen molar-refractivity contribution in [2.24, 2.45) is 0 Å². The zero-order valence-electron chi connectivity index (χ0n) is 23.9. The number of hydrogen-bond donors (Lipinski definition) is 3. The summed E-state index contributed by atoms with van der Waals surface area (Å²) in [6.07, 6.45) is 1.27. The summed E-state index contributed by atoms with van der Waals surface area (Å²) in [6.45, 7) is 12.5. The number of aryl methyl sites for hydroxylation is 1. The number of nitrogens with one attached hydrogen (secondary N) is 1. The third-order valence-electron chi connectivity index (χ3n) is 5.66. The van der Waals surface area contributed by atoms with Crippen LogP contribution in [0.1, 0.15) is 86.6 Å². The summed E-state index contributed by atoms with van der Waals surface area (Å²) in [5.41, 5.74) is 1.53. The highest BCUT2D eigenvalue weighted by Crippen LogP contribution is 2.19. The van der Waals surface area contributed by atoms with Gasteiger partial charge in [-0.15, -0.1) is 0 Å². The maximum Gasteiger partial charge on any atom is 0.253 e. The topological polar surface area (TPSA) is 114 Å². The molecular weight excluding hydrogens is 504 g/mol. The molecule has 1 aromatic carbocycles. The van der Waals surface area contributed by atoms with Gasteiger partial charge in [0.2, 0.25) is 0 Å². The Morgan fingerprint density at radius 2 is 1.72 bits per heavy atom. The number of amides is 2. The van der Waals surface area contributed by atoms with E-state index in [2.05, 4.69) is 5.32 Å². The van der Waals surface area contributed by atoms with E-state index in [0.29, 0.717) is 35.9 Å². The van der Waals surface area contributed by atoms with Crippen LogP contribution in [-0.2, 0) is 0 Å². The van der Waals surface area contributed by atoms with Crippen LogP contribution in [0.5, 0.6) is 0 Å². The van der Waals surface area contributed by atoms with Gasteiger partial charge in [-0.25, -0.2) is 8.78 Å². The van der Waals surface area contributed by atoms with Crippen LogP contribution < -0.4 is 5.32 Å². The molecule has 39 heavy (non-hydrogen) atoms. The van der Waals surface area contributed by atoms with Crippen LogP contribution in [-0.4, -0.2) is 58.3 Å². The molecule has 0 aliphatic rings. The Morgan fingerprint density at radius 3 is 2.23 bits per heavy atom. The van der Waals surface area contributed by atoms with E-state index >= 15 is 0 Å². The molecule has 3 N–H and O–H groups in total. The van der Waals surface area contributed by atoms with Gasteiger partial charge >= 0.3 is 0 Å². The van der Waals surface area contributed by atoms with Gasteiger partial charge in [-0.3, -0.25) is 9.59 Å². The fraction of sp³-hybridized carbons (Fsp3) is 0.500. The van der Waals surface area contributed by atoms with Gasteiger partial charge < -0.3 is 20.4 Å². The van der Waals surface area contributed by atoms with E-state index in [1.54, 1.807) is 36.9 Å². The van der Waals surface area contributed by atoms with Crippen LogP contribution in [0.3, 0.4) is 0 Å². The second-order valence-corrected chi connectivity index (χ2v) is 8.77. The first-order chi connectivity index (χ1) is 18.6. The first kappa shape index (κ1) is 35.6. The van der Waals surface area contributed by atoms with Crippen molar-refractivity contribution in [1.29, 1.82) is 5.26 Å². The molecule has 9 heteroatoms. The predicted molar refractivity (Wildman–Crippen MR) is 150 cm³/mol. The number of carbonyl (C=O) groups is 2. The standard InChI is InChI=1S/C28H37F2N3O4.C2H6/c1-5-12-33(13-6-2)28(37)22-15-19(4)14-21(18-22)27(36)32-24(26(35)25(34)9-11-31)17-20(7-3)16-23(30)8-10-29;1-2/h7-8,10,14-16,18,24-26,34-35H,5-6,9,12-13,17H2,1-4H3,(H,32,36);1-2H3/b10-8+,20-7+,23-16+;. The van der Waals surface area contributed by atoms with Crippen LogP contribution >= 0.6 is 0 Å². The van der Waals surface area contributed by atoms with Crippen molar-refractivity contribution in [2.45, 2.75) is 85.5 Å². The molecular formula is C30H43F2N3O4. The fourth-order valence-electron chi connectivity index (χ4n) is 3.87. The Kier molecular flexibility index (Phi) is 18.0. The highest BCUT2D eigenvalue weighted by Gasteiger charge is 2.29.